The lowest BCUT2D eigenvalue weighted by atomic mass is 10.0. The first-order valence-electron chi connectivity index (χ1n) is 5.67. The van der Waals surface area contributed by atoms with Crippen molar-refractivity contribution in [3.63, 3.8) is 0 Å². The van der Waals surface area contributed by atoms with Crippen molar-refractivity contribution in [1.82, 2.24) is 4.57 Å². The van der Waals surface area contributed by atoms with Crippen LogP contribution in [0.4, 0.5) is 5.82 Å². The standard InChI is InChI=1S/C14H16N2O/c1-3-10-4-6-11(7-5-10)12-8-13(15)16(2)14(17)9-12/h4-9H,3,15H2,1-2H3. The molecule has 2 N–H and O–H groups in total. The Morgan fingerprint density at radius 1 is 1.12 bits per heavy atom. The van der Waals surface area contributed by atoms with E-state index in [2.05, 4.69) is 19.1 Å². The second-order valence-electron chi connectivity index (χ2n) is 4.12. The van der Waals surface area contributed by atoms with Crippen LogP contribution in [0.3, 0.4) is 0 Å². The number of hydrogen-bond acceptors (Lipinski definition) is 2. The molecule has 0 saturated heterocycles. The number of pyridine rings is 1. The molecule has 0 saturated carbocycles. The molecule has 3 nitrogen and oxygen atoms in total. The molecule has 0 radical (unpaired) electrons. The number of aryl methyl sites for hydroxylation is 1. The van der Waals surface area contributed by atoms with Crippen molar-refractivity contribution in [2.24, 2.45) is 7.05 Å². The lowest BCUT2D eigenvalue weighted by Crippen LogP contribution is -2.18. The predicted molar refractivity (Wildman–Crippen MR) is 70.9 cm³/mol. The van der Waals surface area contributed by atoms with Gasteiger partial charge in [0.1, 0.15) is 5.82 Å². The van der Waals surface area contributed by atoms with Gasteiger partial charge in [-0.15, -0.1) is 0 Å². The number of rotatable bonds is 2. The van der Waals surface area contributed by atoms with Gasteiger partial charge in [-0.25, -0.2) is 0 Å². The van der Waals surface area contributed by atoms with Crippen LogP contribution in [0.15, 0.2) is 41.2 Å². The van der Waals surface area contributed by atoms with E-state index in [1.807, 2.05) is 18.2 Å². The van der Waals surface area contributed by atoms with Crippen molar-refractivity contribution in [3.05, 3.63) is 52.3 Å². The fraction of sp³-hybridized carbons (Fsp3) is 0.214. The highest BCUT2D eigenvalue weighted by Crippen LogP contribution is 2.20. The highest BCUT2D eigenvalue weighted by molar-refractivity contribution is 5.66. The van der Waals surface area contributed by atoms with Gasteiger partial charge in [0.05, 0.1) is 0 Å². The molecule has 1 aromatic carbocycles. The number of anilines is 1. The van der Waals surface area contributed by atoms with E-state index in [1.54, 1.807) is 13.1 Å². The van der Waals surface area contributed by atoms with Crippen LogP contribution < -0.4 is 11.3 Å². The minimum absolute atomic E-state index is 0.0837. The summed E-state index contributed by atoms with van der Waals surface area (Å²) in [6.45, 7) is 2.12. The van der Waals surface area contributed by atoms with Gasteiger partial charge >= 0.3 is 0 Å². The molecule has 2 aromatic rings. The molecule has 0 aliphatic rings. The second kappa shape index (κ2) is 4.45. The lowest BCUT2D eigenvalue weighted by Gasteiger charge is -2.07. The first-order valence-corrected chi connectivity index (χ1v) is 5.67. The second-order valence-corrected chi connectivity index (χ2v) is 4.12. The van der Waals surface area contributed by atoms with Crippen LogP contribution in [0.5, 0.6) is 0 Å². The average Bonchev–Trinajstić information content (AvgIpc) is 2.35. The zero-order valence-corrected chi connectivity index (χ0v) is 10.1. The number of hydrogen-bond donors (Lipinski definition) is 1. The van der Waals surface area contributed by atoms with Crippen molar-refractivity contribution in [2.45, 2.75) is 13.3 Å². The molecule has 0 spiro atoms. The van der Waals surface area contributed by atoms with Gasteiger partial charge in [-0.1, -0.05) is 31.2 Å². The largest absolute Gasteiger partial charge is 0.385 e. The van der Waals surface area contributed by atoms with Crippen LogP contribution in [0.1, 0.15) is 12.5 Å². The van der Waals surface area contributed by atoms with Crippen molar-refractivity contribution < 1.29 is 0 Å². The van der Waals surface area contributed by atoms with Gasteiger partial charge in [-0.2, -0.15) is 0 Å². The number of aromatic nitrogens is 1. The summed E-state index contributed by atoms with van der Waals surface area (Å²) in [7, 11) is 1.67. The molecule has 1 aromatic heterocycles. The van der Waals surface area contributed by atoms with Crippen LogP contribution >= 0.6 is 0 Å². The molecular formula is C14H16N2O. The number of nitrogens with zero attached hydrogens (tertiary/aromatic N) is 1. The smallest absolute Gasteiger partial charge is 0.252 e. The maximum Gasteiger partial charge on any atom is 0.252 e. The molecule has 0 fully saturated rings. The third kappa shape index (κ3) is 2.23. The normalized spacial score (nSPS) is 10.5. The van der Waals surface area contributed by atoms with E-state index >= 15 is 0 Å². The zero-order chi connectivity index (χ0) is 12.4. The monoisotopic (exact) mass is 228 g/mol. The Morgan fingerprint density at radius 3 is 2.29 bits per heavy atom. The minimum Gasteiger partial charge on any atom is -0.385 e. The highest BCUT2D eigenvalue weighted by atomic mass is 16.1. The Morgan fingerprint density at radius 2 is 1.76 bits per heavy atom. The third-order valence-electron chi connectivity index (χ3n) is 3.00. The fourth-order valence-corrected chi connectivity index (χ4v) is 1.75. The van der Waals surface area contributed by atoms with E-state index < -0.39 is 0 Å². The Hall–Kier alpha value is -2.03. The van der Waals surface area contributed by atoms with Gasteiger partial charge in [-0.3, -0.25) is 9.36 Å². The zero-order valence-electron chi connectivity index (χ0n) is 10.1. The van der Waals surface area contributed by atoms with Crippen molar-refractivity contribution in [1.29, 1.82) is 0 Å². The molecule has 0 bridgehead atoms. The van der Waals surface area contributed by atoms with Crippen LogP contribution in [0.25, 0.3) is 11.1 Å². The van der Waals surface area contributed by atoms with Gasteiger partial charge in [-0.05, 0) is 29.2 Å². The van der Waals surface area contributed by atoms with E-state index in [9.17, 15) is 4.79 Å². The first-order chi connectivity index (χ1) is 8.11. The lowest BCUT2D eigenvalue weighted by molar-refractivity contribution is 0.876. The topological polar surface area (TPSA) is 48.0 Å². The van der Waals surface area contributed by atoms with Gasteiger partial charge in [0.25, 0.3) is 5.56 Å². The van der Waals surface area contributed by atoms with E-state index in [-0.39, 0.29) is 5.56 Å². The quantitative estimate of drug-likeness (QED) is 0.856. The number of benzene rings is 1. The van der Waals surface area contributed by atoms with Crippen molar-refractivity contribution >= 4 is 5.82 Å². The summed E-state index contributed by atoms with van der Waals surface area (Å²) in [6, 6.07) is 11.6. The maximum atomic E-state index is 11.6. The minimum atomic E-state index is -0.0837. The van der Waals surface area contributed by atoms with Crippen molar-refractivity contribution in [2.75, 3.05) is 5.73 Å². The van der Waals surface area contributed by atoms with Gasteiger partial charge in [0.2, 0.25) is 0 Å². The molecule has 0 atom stereocenters. The summed E-state index contributed by atoms with van der Waals surface area (Å²) >= 11 is 0. The Kier molecular flexibility index (Phi) is 3.00. The van der Waals surface area contributed by atoms with Crippen molar-refractivity contribution in [3.8, 4) is 11.1 Å². The maximum absolute atomic E-state index is 11.6. The van der Waals surface area contributed by atoms with Crippen LogP contribution in [0.2, 0.25) is 0 Å². The molecule has 2 rings (SSSR count). The third-order valence-corrected chi connectivity index (χ3v) is 3.00. The number of nitrogen functional groups attached to an aromatic ring is 1. The fourth-order valence-electron chi connectivity index (χ4n) is 1.75. The van der Waals surface area contributed by atoms with Crippen LogP contribution in [-0.2, 0) is 13.5 Å². The molecule has 1 heterocycles. The van der Waals surface area contributed by atoms with E-state index in [0.717, 1.165) is 17.5 Å². The van der Waals surface area contributed by atoms with E-state index in [4.69, 9.17) is 5.73 Å². The molecule has 0 unspecified atom stereocenters. The molecule has 17 heavy (non-hydrogen) atoms. The van der Waals surface area contributed by atoms with Crippen LogP contribution in [-0.4, -0.2) is 4.57 Å². The summed E-state index contributed by atoms with van der Waals surface area (Å²) in [5.74, 6) is 0.479. The van der Waals surface area contributed by atoms with Gasteiger partial charge in [0, 0.05) is 13.1 Å². The summed E-state index contributed by atoms with van der Waals surface area (Å²) < 4.78 is 1.43. The Bertz CT molecular complexity index is 582. The Balaban J connectivity index is 2.49. The summed E-state index contributed by atoms with van der Waals surface area (Å²) in [4.78, 5) is 11.6. The molecule has 0 aliphatic heterocycles. The first kappa shape index (κ1) is 11.5. The number of nitrogens with two attached hydrogens (primary N) is 1. The van der Waals surface area contributed by atoms with Gasteiger partial charge < -0.3 is 5.73 Å². The van der Waals surface area contributed by atoms with Crippen LogP contribution in [0, 0.1) is 0 Å². The molecule has 0 aliphatic carbocycles. The average molecular weight is 228 g/mol. The SMILES string of the molecule is CCc1ccc(-c2cc(N)n(C)c(=O)c2)cc1. The molecule has 0 amide bonds. The molecular weight excluding hydrogens is 212 g/mol. The predicted octanol–water partition coefficient (Wildman–Crippen LogP) is 2.20. The summed E-state index contributed by atoms with van der Waals surface area (Å²) in [5.41, 5.74) is 8.87. The molecule has 3 heteroatoms. The van der Waals surface area contributed by atoms with E-state index in [0.29, 0.717) is 5.82 Å². The Labute approximate surface area is 101 Å². The van der Waals surface area contributed by atoms with E-state index in [1.165, 1.54) is 10.1 Å². The molecule has 88 valence electrons. The van der Waals surface area contributed by atoms with Gasteiger partial charge in [0.15, 0.2) is 0 Å². The summed E-state index contributed by atoms with van der Waals surface area (Å²) in [6.07, 6.45) is 1.01. The highest BCUT2D eigenvalue weighted by Gasteiger charge is 2.03. The summed E-state index contributed by atoms with van der Waals surface area (Å²) in [5, 5.41) is 0.